The van der Waals surface area contributed by atoms with Crippen LogP contribution in [0.2, 0.25) is 0 Å². The Bertz CT molecular complexity index is 2910. The Balaban J connectivity index is 1.23. The van der Waals surface area contributed by atoms with Crippen LogP contribution in [0.25, 0.3) is 38.8 Å². The lowest BCUT2D eigenvalue weighted by atomic mass is 9.65. The van der Waals surface area contributed by atoms with Gasteiger partial charge in [0.2, 0.25) is 0 Å². The largest absolute Gasteiger partial charge is 0.294 e. The number of rotatable bonds is 9. The third-order valence-corrected chi connectivity index (χ3v) is 11.9. The molecule has 3 heterocycles. The standard InChI is InChI=1S/C54H46N4O/c1-37(2)45-24-11-12-25-46(45)39-32-33-55-53(34-39)56-49-27-14-13-26-47(49)48-31-30-43(36-52(48)56)54(40-18-7-5-8-19-40,41-20-9-6-10-21-41)42-22-17-23-44(35-42)58-51-29-16-15-28-50(51)57(59-58)38(3)4/h5-38H,1-4H3. The maximum atomic E-state index is 6.64. The van der Waals surface area contributed by atoms with Crippen LogP contribution >= 0.6 is 0 Å². The Kier molecular flexibility index (Phi) is 9.11. The van der Waals surface area contributed by atoms with Crippen LogP contribution in [0.15, 0.2) is 194 Å². The van der Waals surface area contributed by atoms with E-state index in [1.807, 2.05) is 16.3 Å². The van der Waals surface area contributed by atoms with Crippen molar-refractivity contribution in [2.45, 2.75) is 45.1 Å². The minimum Gasteiger partial charge on any atom is -0.294 e. The summed E-state index contributed by atoms with van der Waals surface area (Å²) in [5, 5.41) is 6.33. The summed E-state index contributed by atoms with van der Waals surface area (Å²) in [5.74, 6) is 1.28. The predicted octanol–water partition coefficient (Wildman–Crippen LogP) is 13.6. The first-order valence-electron chi connectivity index (χ1n) is 20.6. The molecule has 0 unspecified atom stereocenters. The van der Waals surface area contributed by atoms with Crippen LogP contribution in [0.1, 0.15) is 61.4 Å². The van der Waals surface area contributed by atoms with Gasteiger partial charge in [0.1, 0.15) is 5.82 Å². The summed E-state index contributed by atoms with van der Waals surface area (Å²) >= 11 is 0. The third-order valence-electron chi connectivity index (χ3n) is 11.9. The van der Waals surface area contributed by atoms with E-state index >= 15 is 0 Å². The molecule has 0 saturated carbocycles. The van der Waals surface area contributed by atoms with Gasteiger partial charge in [-0.3, -0.25) is 4.57 Å². The number of hydroxylamine groups is 1. The normalized spacial score (nSPS) is 12.9. The molecule has 2 aromatic heterocycles. The number of benzene rings is 7. The van der Waals surface area contributed by atoms with E-state index in [2.05, 4.69) is 220 Å². The van der Waals surface area contributed by atoms with Crippen molar-refractivity contribution in [3.05, 3.63) is 222 Å². The summed E-state index contributed by atoms with van der Waals surface area (Å²) in [6.45, 7) is 8.82. The van der Waals surface area contributed by atoms with E-state index in [0.717, 1.165) is 50.6 Å². The van der Waals surface area contributed by atoms with Crippen LogP contribution in [0.4, 0.5) is 17.1 Å². The minimum atomic E-state index is -0.712. The molecule has 1 aliphatic heterocycles. The highest BCUT2D eigenvalue weighted by Gasteiger charge is 2.40. The first-order chi connectivity index (χ1) is 28.9. The van der Waals surface area contributed by atoms with Gasteiger partial charge in [-0.15, -0.1) is 4.94 Å². The molecule has 0 N–H and O–H groups in total. The Morgan fingerprint density at radius 2 is 1.14 bits per heavy atom. The molecule has 59 heavy (non-hydrogen) atoms. The first kappa shape index (κ1) is 36.4. The van der Waals surface area contributed by atoms with Gasteiger partial charge in [0.05, 0.1) is 39.6 Å². The number of pyridine rings is 1. The molecule has 0 bridgehead atoms. The van der Waals surface area contributed by atoms with Gasteiger partial charge in [0.25, 0.3) is 0 Å². The van der Waals surface area contributed by atoms with Crippen LogP contribution in [0, 0.1) is 0 Å². The number of hydrogen-bond donors (Lipinski definition) is 0. The summed E-state index contributed by atoms with van der Waals surface area (Å²) in [6.07, 6.45) is 1.95. The zero-order valence-corrected chi connectivity index (χ0v) is 33.8. The molecule has 0 atom stereocenters. The van der Waals surface area contributed by atoms with Gasteiger partial charge in [-0.25, -0.2) is 10.0 Å². The third kappa shape index (κ3) is 6.00. The van der Waals surface area contributed by atoms with Gasteiger partial charge in [-0.05, 0) is 107 Å². The second kappa shape index (κ2) is 14.8. The molecule has 0 spiro atoms. The Morgan fingerprint density at radius 1 is 0.508 bits per heavy atom. The monoisotopic (exact) mass is 766 g/mol. The second-order valence-corrected chi connectivity index (χ2v) is 16.0. The van der Waals surface area contributed by atoms with Crippen molar-refractivity contribution in [1.82, 2.24) is 9.55 Å². The first-order valence-corrected chi connectivity index (χ1v) is 20.6. The smallest absolute Gasteiger partial charge is 0.138 e. The Morgan fingerprint density at radius 3 is 1.88 bits per heavy atom. The molecule has 0 fully saturated rings. The number of hydrogen-bond acceptors (Lipinski definition) is 4. The van der Waals surface area contributed by atoms with Crippen LogP contribution in [-0.4, -0.2) is 15.6 Å². The molecule has 0 saturated heterocycles. The van der Waals surface area contributed by atoms with Gasteiger partial charge in [0.15, 0.2) is 0 Å². The average molecular weight is 767 g/mol. The molecule has 1 aliphatic rings. The molecule has 10 rings (SSSR count). The average Bonchev–Trinajstić information content (AvgIpc) is 3.84. The number of anilines is 3. The highest BCUT2D eigenvalue weighted by molar-refractivity contribution is 6.09. The summed E-state index contributed by atoms with van der Waals surface area (Å²) in [5.41, 5.74) is 12.9. The molecule has 5 heteroatoms. The quantitative estimate of drug-likeness (QED) is 0.137. The van der Waals surface area contributed by atoms with E-state index in [9.17, 15) is 0 Å². The molecule has 9 aromatic rings. The Hall–Kier alpha value is -6.95. The van der Waals surface area contributed by atoms with Crippen molar-refractivity contribution in [3.63, 3.8) is 0 Å². The van der Waals surface area contributed by atoms with Crippen molar-refractivity contribution < 1.29 is 4.94 Å². The molecule has 0 aliphatic carbocycles. The lowest BCUT2D eigenvalue weighted by Crippen LogP contribution is -2.32. The van der Waals surface area contributed by atoms with Gasteiger partial charge in [-0.2, -0.15) is 5.06 Å². The number of nitrogens with zero attached hydrogens (tertiary/aromatic N) is 4. The van der Waals surface area contributed by atoms with E-state index in [0.29, 0.717) is 5.92 Å². The van der Waals surface area contributed by atoms with Crippen molar-refractivity contribution in [3.8, 4) is 16.9 Å². The van der Waals surface area contributed by atoms with Crippen molar-refractivity contribution in [2.24, 2.45) is 0 Å². The molecule has 5 nitrogen and oxygen atoms in total. The van der Waals surface area contributed by atoms with Gasteiger partial charge in [-0.1, -0.05) is 153 Å². The molecule has 7 aromatic carbocycles. The van der Waals surface area contributed by atoms with Crippen molar-refractivity contribution in [1.29, 1.82) is 0 Å². The molecule has 288 valence electrons. The summed E-state index contributed by atoms with van der Waals surface area (Å²) in [6, 6.07) is 68.1. The fraction of sp³-hybridized carbons (Fsp3) is 0.130. The number of fused-ring (bicyclic) bond motifs is 4. The predicted molar refractivity (Wildman–Crippen MR) is 244 cm³/mol. The highest BCUT2D eigenvalue weighted by atomic mass is 16.8. The van der Waals surface area contributed by atoms with Gasteiger partial charge < -0.3 is 0 Å². The molecule has 0 radical (unpaired) electrons. The maximum Gasteiger partial charge on any atom is 0.138 e. The summed E-state index contributed by atoms with van der Waals surface area (Å²) in [7, 11) is 0. The summed E-state index contributed by atoms with van der Waals surface area (Å²) in [4.78, 5) is 11.7. The van der Waals surface area contributed by atoms with Crippen LogP contribution < -0.4 is 10.1 Å². The fourth-order valence-electron chi connectivity index (χ4n) is 9.22. The van der Waals surface area contributed by atoms with E-state index in [1.54, 1.807) is 0 Å². The van der Waals surface area contributed by atoms with Crippen molar-refractivity contribution in [2.75, 3.05) is 10.1 Å². The summed E-state index contributed by atoms with van der Waals surface area (Å²) < 4.78 is 2.35. The van der Waals surface area contributed by atoms with Crippen LogP contribution in [0.5, 0.6) is 0 Å². The topological polar surface area (TPSA) is 33.5 Å². The number of aromatic nitrogens is 2. The zero-order valence-electron chi connectivity index (χ0n) is 33.8. The molecular formula is C54H46N4O. The SMILES string of the molecule is CC(C)c1ccccc1-c1ccnc(-n2c3ccccc3c3ccc(C(c4ccccc4)(c4ccccc4)c4cccc(N5ON(C(C)C)c6ccccc65)c4)cc32)c1. The zero-order chi connectivity index (χ0) is 40.1. The van der Waals surface area contributed by atoms with E-state index in [-0.39, 0.29) is 6.04 Å². The van der Waals surface area contributed by atoms with Crippen LogP contribution in [0.3, 0.4) is 0 Å². The van der Waals surface area contributed by atoms with E-state index in [1.165, 1.54) is 33.0 Å². The highest BCUT2D eigenvalue weighted by Crippen LogP contribution is 2.49. The lowest BCUT2D eigenvalue weighted by Gasteiger charge is -2.37. The van der Waals surface area contributed by atoms with Crippen molar-refractivity contribution >= 4 is 38.9 Å². The minimum absolute atomic E-state index is 0.149. The molecular weight excluding hydrogens is 721 g/mol. The fourth-order valence-corrected chi connectivity index (χ4v) is 9.22. The van der Waals surface area contributed by atoms with E-state index in [4.69, 9.17) is 9.92 Å². The van der Waals surface area contributed by atoms with Gasteiger partial charge in [0, 0.05) is 17.0 Å². The Labute approximate surface area is 346 Å². The van der Waals surface area contributed by atoms with E-state index < -0.39 is 5.41 Å². The van der Waals surface area contributed by atoms with Gasteiger partial charge >= 0.3 is 0 Å². The molecule has 0 amide bonds. The lowest BCUT2D eigenvalue weighted by molar-refractivity contribution is 0.112. The number of para-hydroxylation sites is 3. The van der Waals surface area contributed by atoms with Crippen LogP contribution in [-0.2, 0) is 10.4 Å². The maximum absolute atomic E-state index is 6.64. The second-order valence-electron chi connectivity index (χ2n) is 16.0.